The van der Waals surface area contributed by atoms with Crippen molar-refractivity contribution in [3.63, 3.8) is 0 Å². The number of amides is 1. The Morgan fingerprint density at radius 1 is 0.737 bits per heavy atom. The van der Waals surface area contributed by atoms with Crippen molar-refractivity contribution >= 4 is 53.4 Å². The molecule has 0 aromatic heterocycles. The summed E-state index contributed by atoms with van der Waals surface area (Å²) in [6.07, 6.45) is -0.461. The van der Waals surface area contributed by atoms with Crippen LogP contribution in [-0.2, 0) is 14.3 Å². The van der Waals surface area contributed by atoms with E-state index in [9.17, 15) is 42.7 Å². The molecule has 4 aromatic carbocycles. The molecule has 0 bridgehead atoms. The molecule has 0 radical (unpaired) electrons. The van der Waals surface area contributed by atoms with Crippen LogP contribution in [0.1, 0.15) is 47.9 Å². The van der Waals surface area contributed by atoms with Crippen molar-refractivity contribution in [3.8, 4) is 23.0 Å². The molecule has 4 aromatic rings. The number of ether oxygens (including phenoxy) is 5. The fraction of sp³-hybridized carbons (Fsp3) is 0.162. The van der Waals surface area contributed by atoms with Gasteiger partial charge in [-0.3, -0.25) is 14.4 Å². The van der Waals surface area contributed by atoms with Gasteiger partial charge in [-0.2, -0.15) is 0 Å². The number of aliphatic imine (C=N–C) groups is 1. The van der Waals surface area contributed by atoms with Crippen molar-refractivity contribution in [2.45, 2.75) is 12.5 Å². The van der Waals surface area contributed by atoms with Crippen LogP contribution in [0.5, 0.6) is 23.0 Å². The number of nitrogens with two attached hydrogens (primary N) is 3. The molecule has 0 spiro atoms. The number of halogens is 2. The van der Waals surface area contributed by atoms with Crippen molar-refractivity contribution in [2.24, 2.45) is 16.5 Å². The van der Waals surface area contributed by atoms with Gasteiger partial charge < -0.3 is 56.4 Å². The number of esters is 2. The first-order valence-corrected chi connectivity index (χ1v) is 16.3. The topological polar surface area (TPSA) is 291 Å². The lowest BCUT2D eigenvalue weighted by molar-refractivity contribution is -0.145. The normalized spacial score (nSPS) is 11.1. The molecule has 0 saturated carbocycles. The van der Waals surface area contributed by atoms with Gasteiger partial charge in [-0.1, -0.05) is 0 Å². The van der Waals surface area contributed by atoms with Crippen LogP contribution in [0.4, 0.5) is 20.2 Å². The number of rotatable bonds is 19. The number of aldehydes is 1. The van der Waals surface area contributed by atoms with Gasteiger partial charge in [0.15, 0.2) is 5.96 Å². The van der Waals surface area contributed by atoms with Crippen molar-refractivity contribution in [3.05, 3.63) is 107 Å². The third-order valence-corrected chi connectivity index (χ3v) is 7.22. The first-order chi connectivity index (χ1) is 27.1. The Morgan fingerprint density at radius 3 is 1.82 bits per heavy atom. The molecule has 4 rings (SSSR count). The van der Waals surface area contributed by atoms with Gasteiger partial charge in [0.2, 0.25) is 0 Å². The number of carboxylic acids is 2. The van der Waals surface area contributed by atoms with Gasteiger partial charge in [0.1, 0.15) is 60.2 Å². The number of carbonyl (C=O) groups excluding carboxylic acids is 4. The number of nitrogens with one attached hydrogen (secondary N) is 1. The van der Waals surface area contributed by atoms with E-state index in [0.717, 1.165) is 36.4 Å². The van der Waals surface area contributed by atoms with E-state index in [1.807, 2.05) is 0 Å². The number of benzene rings is 4. The molecule has 1 atom stereocenters. The van der Waals surface area contributed by atoms with Crippen LogP contribution in [0.15, 0.2) is 77.8 Å². The number of guanidine groups is 1. The van der Waals surface area contributed by atoms with E-state index in [-0.39, 0.29) is 83.5 Å². The minimum absolute atomic E-state index is 0.00949. The number of carbonyl (C=O) groups is 6. The molecule has 0 saturated heterocycles. The summed E-state index contributed by atoms with van der Waals surface area (Å²) in [4.78, 5) is 76.1. The fourth-order valence-electron chi connectivity index (χ4n) is 4.71. The summed E-state index contributed by atoms with van der Waals surface area (Å²) < 4.78 is 56.1. The minimum atomic E-state index is -1.82. The lowest BCUT2D eigenvalue weighted by Crippen LogP contribution is -2.42. The van der Waals surface area contributed by atoms with Crippen LogP contribution in [0.25, 0.3) is 0 Å². The maximum Gasteiger partial charge on any atom is 0.346 e. The number of carboxylic acid groups (broad SMARTS) is 2. The summed E-state index contributed by atoms with van der Waals surface area (Å²) >= 11 is 0. The summed E-state index contributed by atoms with van der Waals surface area (Å²) in [6.45, 7) is -0.340. The van der Waals surface area contributed by atoms with E-state index >= 15 is 0 Å². The van der Waals surface area contributed by atoms with Crippen LogP contribution < -0.4 is 41.5 Å². The number of nitrogens with zero attached hydrogens (tertiary/aromatic N) is 1. The monoisotopic (exact) mass is 793 g/mol. The molecular formula is C37H33F2N5O13. The van der Waals surface area contributed by atoms with Gasteiger partial charge in [-0.05, 0) is 54.6 Å². The summed E-state index contributed by atoms with van der Waals surface area (Å²) in [6, 6.07) is 12.0. The van der Waals surface area contributed by atoms with Gasteiger partial charge in [0.25, 0.3) is 5.91 Å². The lowest BCUT2D eigenvalue weighted by atomic mass is 10.1. The average Bonchev–Trinajstić information content (AvgIpc) is 3.13. The Labute approximate surface area is 320 Å². The number of hydrogen-bond acceptors (Lipinski definition) is 13. The van der Waals surface area contributed by atoms with Crippen molar-refractivity contribution in [1.82, 2.24) is 5.32 Å². The molecule has 298 valence electrons. The van der Waals surface area contributed by atoms with Crippen LogP contribution >= 0.6 is 0 Å². The molecule has 0 fully saturated rings. The maximum atomic E-state index is 14.7. The van der Waals surface area contributed by atoms with E-state index in [4.69, 9.17) is 46.0 Å². The summed E-state index contributed by atoms with van der Waals surface area (Å²) in [5, 5.41) is 20.5. The maximum absolute atomic E-state index is 14.7. The van der Waals surface area contributed by atoms with E-state index < -0.39 is 59.4 Å². The number of hydrogen-bond donors (Lipinski definition) is 6. The highest BCUT2D eigenvalue weighted by atomic mass is 19.1. The molecule has 0 aliphatic heterocycles. The average molecular weight is 794 g/mol. The van der Waals surface area contributed by atoms with Gasteiger partial charge in [0, 0.05) is 35.0 Å². The molecule has 20 heteroatoms. The fourth-order valence-corrected chi connectivity index (χ4v) is 4.71. The van der Waals surface area contributed by atoms with E-state index in [2.05, 4.69) is 10.3 Å². The molecule has 1 amide bonds. The zero-order chi connectivity index (χ0) is 41.6. The zero-order valence-corrected chi connectivity index (χ0v) is 29.4. The van der Waals surface area contributed by atoms with Crippen LogP contribution in [0, 0.1) is 11.6 Å². The lowest BCUT2D eigenvalue weighted by Gasteiger charge is -2.15. The highest BCUT2D eigenvalue weighted by Gasteiger charge is 2.25. The van der Waals surface area contributed by atoms with Gasteiger partial charge in [0.05, 0.1) is 36.4 Å². The predicted octanol–water partition coefficient (Wildman–Crippen LogP) is 2.83. The number of aliphatic carboxylic acids is 2. The Kier molecular flexibility index (Phi) is 14.5. The van der Waals surface area contributed by atoms with E-state index in [1.165, 1.54) is 36.4 Å². The quantitative estimate of drug-likeness (QED) is 0.0151. The van der Waals surface area contributed by atoms with Gasteiger partial charge in [-0.25, -0.2) is 28.2 Å². The number of nitrogen functional groups attached to an aromatic ring is 1. The first-order valence-electron chi connectivity index (χ1n) is 16.3. The number of anilines is 1. The molecule has 0 aliphatic carbocycles. The largest absolute Gasteiger partial charge is 0.491 e. The van der Waals surface area contributed by atoms with Crippen LogP contribution in [-0.4, -0.2) is 84.7 Å². The second-order valence-corrected chi connectivity index (χ2v) is 11.5. The molecule has 0 unspecified atom stereocenters. The van der Waals surface area contributed by atoms with E-state index in [1.54, 1.807) is 0 Å². The minimum Gasteiger partial charge on any atom is -0.491 e. The molecule has 9 N–H and O–H groups in total. The van der Waals surface area contributed by atoms with Crippen LogP contribution in [0.3, 0.4) is 0 Å². The standard InChI is InChI=1S/C37H33F2N5O13/c38-29-13-21(40)1-3-27(29)35(51)56-25-10-19(18-45)9-23(15-25)54-7-5-53-6-8-55-24-11-20(33(48)44-31(34(49)50)17-32(46)47)12-26(16-24)57-36(52)28-4-2-22(14-30(28)39)43-37(41)42/h1-4,9-16,18,31H,5-8,17,40H2,(H,44,48)(H,46,47)(H,49,50)(H4,41,42,43)/t31-/m1/s1. The molecule has 57 heavy (non-hydrogen) atoms. The Balaban J connectivity index is 1.39. The second-order valence-electron chi connectivity index (χ2n) is 11.5. The molecular weight excluding hydrogens is 760 g/mol. The van der Waals surface area contributed by atoms with Crippen molar-refractivity contribution < 1.29 is 71.4 Å². The second kappa shape index (κ2) is 19.6. The summed E-state index contributed by atoms with van der Waals surface area (Å²) in [7, 11) is 0. The Bertz CT molecular complexity index is 2210. The van der Waals surface area contributed by atoms with Crippen LogP contribution in [0.2, 0.25) is 0 Å². The first kappa shape index (κ1) is 42.1. The van der Waals surface area contributed by atoms with Crippen molar-refractivity contribution in [1.29, 1.82) is 0 Å². The SMILES string of the molecule is NC(N)=Nc1ccc(C(=O)Oc2cc(OCCOCCOc3cc(C=O)cc(OC(=O)c4ccc(N)cc4F)c3)cc(C(=O)N[C@H](CC(=O)O)C(=O)O)c2)c(F)c1. The zero-order valence-electron chi connectivity index (χ0n) is 29.4. The third-order valence-electron chi connectivity index (χ3n) is 7.22. The summed E-state index contributed by atoms with van der Waals surface area (Å²) in [5.74, 6) is -9.13. The Morgan fingerprint density at radius 2 is 1.28 bits per heavy atom. The highest BCUT2D eigenvalue weighted by molar-refractivity contribution is 5.98. The molecule has 18 nitrogen and oxygen atoms in total. The third kappa shape index (κ3) is 12.7. The Hall–Kier alpha value is -7.61. The smallest absolute Gasteiger partial charge is 0.346 e. The van der Waals surface area contributed by atoms with Crippen molar-refractivity contribution in [2.75, 3.05) is 32.2 Å². The van der Waals surface area contributed by atoms with Gasteiger partial charge in [-0.15, -0.1) is 0 Å². The molecule has 0 heterocycles. The highest BCUT2D eigenvalue weighted by Crippen LogP contribution is 2.27. The van der Waals surface area contributed by atoms with E-state index in [0.29, 0.717) is 6.29 Å². The molecule has 0 aliphatic rings. The van der Waals surface area contributed by atoms with Gasteiger partial charge >= 0.3 is 23.9 Å². The predicted molar refractivity (Wildman–Crippen MR) is 194 cm³/mol. The summed E-state index contributed by atoms with van der Waals surface area (Å²) in [5.41, 5.74) is 15.1.